The topological polar surface area (TPSA) is 97.8 Å². The number of nitrogens with zero attached hydrogens (tertiary/aromatic N) is 6. The fraction of sp³-hybridized carbons (Fsp3) is 0.615. The van der Waals surface area contributed by atoms with E-state index >= 15 is 0 Å². The van der Waals surface area contributed by atoms with Crippen LogP contribution in [0.3, 0.4) is 0 Å². The van der Waals surface area contributed by atoms with Crippen molar-refractivity contribution in [1.29, 1.82) is 0 Å². The lowest BCUT2D eigenvalue weighted by Crippen LogP contribution is -2.37. The lowest BCUT2D eigenvalue weighted by molar-refractivity contribution is 0.0981. The van der Waals surface area contributed by atoms with Crippen LogP contribution in [0.4, 0.5) is 10.2 Å². The summed E-state index contributed by atoms with van der Waals surface area (Å²) in [4.78, 5) is 20.3. The Labute approximate surface area is 209 Å². The number of carbonyl (C=O) groups excluding carboxylic acids is 1. The number of fused-ring (bicyclic) bond motifs is 3. The highest BCUT2D eigenvalue weighted by atomic mass is 19.1. The van der Waals surface area contributed by atoms with Crippen LogP contribution in [0.1, 0.15) is 79.3 Å². The summed E-state index contributed by atoms with van der Waals surface area (Å²) < 4.78 is 23.6. The molecule has 1 aliphatic carbocycles. The summed E-state index contributed by atoms with van der Waals surface area (Å²) in [5.41, 5.74) is 2.23. The van der Waals surface area contributed by atoms with E-state index in [0.29, 0.717) is 41.9 Å². The number of morpholine rings is 1. The molecule has 6 rings (SSSR count). The summed E-state index contributed by atoms with van der Waals surface area (Å²) in [6, 6.07) is 2.48. The van der Waals surface area contributed by atoms with Gasteiger partial charge < -0.3 is 14.7 Å². The van der Waals surface area contributed by atoms with Gasteiger partial charge >= 0.3 is 0 Å². The molecule has 3 aliphatic rings. The van der Waals surface area contributed by atoms with Crippen LogP contribution >= 0.6 is 0 Å². The predicted molar refractivity (Wildman–Crippen MR) is 131 cm³/mol. The molecule has 1 N–H and O–H groups in total. The second-order valence-electron chi connectivity index (χ2n) is 10.5. The van der Waals surface area contributed by atoms with E-state index in [1.807, 2.05) is 23.1 Å². The number of ether oxygens (including phenoxy) is 1. The highest BCUT2D eigenvalue weighted by Gasteiger charge is 2.39. The lowest BCUT2D eigenvalue weighted by Gasteiger charge is -2.27. The van der Waals surface area contributed by atoms with Crippen LogP contribution in [0.15, 0.2) is 24.7 Å². The molecular weight excluding hydrogens is 463 g/mol. The van der Waals surface area contributed by atoms with Gasteiger partial charge in [0.05, 0.1) is 42.2 Å². The summed E-state index contributed by atoms with van der Waals surface area (Å²) in [6.45, 7) is 3.25. The van der Waals surface area contributed by atoms with Crippen LogP contribution in [0.2, 0.25) is 0 Å². The third kappa shape index (κ3) is 4.30. The van der Waals surface area contributed by atoms with Crippen LogP contribution in [-0.4, -0.2) is 67.2 Å². The van der Waals surface area contributed by atoms with Gasteiger partial charge in [-0.25, -0.2) is 13.9 Å². The molecule has 5 heterocycles. The smallest absolute Gasteiger partial charge is 0.168 e. The number of Topliss-reactive ketones (excluding diaryl/α,β-unsaturated/α-hetero) is 1. The van der Waals surface area contributed by atoms with E-state index in [-0.39, 0.29) is 31.0 Å². The van der Waals surface area contributed by atoms with Gasteiger partial charge in [0.15, 0.2) is 11.4 Å². The highest BCUT2D eigenvalue weighted by Crippen LogP contribution is 2.34. The van der Waals surface area contributed by atoms with Crippen LogP contribution in [0.5, 0.6) is 0 Å². The standard InChI is InChI=1S/C26H33FN6O3/c1-16(27)25-18(12-33(30-25)19-5-2-17(14-34)3-6-19)4-7-23(35)22-11-28-32-9-8-24(29-26(22)32)31-13-21-10-20(31)15-36-21/h8-9,11-12,16-17,19-21,34H,2-7,10,13-15H2,1H3/t16?,17?,19?,20-,21-/m1/s1. The number of aromatic nitrogens is 5. The molecule has 2 aliphatic heterocycles. The average molecular weight is 497 g/mol. The third-order valence-corrected chi connectivity index (χ3v) is 8.14. The van der Waals surface area contributed by atoms with E-state index in [2.05, 4.69) is 15.1 Å². The van der Waals surface area contributed by atoms with E-state index in [1.165, 1.54) is 6.92 Å². The second kappa shape index (κ2) is 9.55. The third-order valence-electron chi connectivity index (χ3n) is 8.14. The molecule has 9 nitrogen and oxygen atoms in total. The monoisotopic (exact) mass is 496 g/mol. The van der Waals surface area contributed by atoms with Gasteiger partial charge in [-0.2, -0.15) is 10.2 Å². The minimum atomic E-state index is -1.20. The maximum Gasteiger partial charge on any atom is 0.168 e. The maximum atomic E-state index is 14.4. The van der Waals surface area contributed by atoms with Crippen molar-refractivity contribution in [2.45, 2.75) is 76.2 Å². The van der Waals surface area contributed by atoms with Gasteiger partial charge in [0, 0.05) is 32.0 Å². The minimum absolute atomic E-state index is 0.0606. The zero-order chi connectivity index (χ0) is 24.8. The van der Waals surface area contributed by atoms with Gasteiger partial charge in [-0.05, 0) is 63.0 Å². The molecule has 0 amide bonds. The predicted octanol–water partition coefficient (Wildman–Crippen LogP) is 3.47. The molecule has 0 aromatic carbocycles. The Hall–Kier alpha value is -2.85. The molecule has 3 fully saturated rings. The van der Waals surface area contributed by atoms with E-state index in [0.717, 1.165) is 50.0 Å². The second-order valence-corrected chi connectivity index (χ2v) is 10.5. The molecule has 192 valence electrons. The minimum Gasteiger partial charge on any atom is -0.396 e. The Morgan fingerprint density at radius 2 is 2.11 bits per heavy atom. The Bertz CT molecular complexity index is 1250. The molecule has 1 saturated carbocycles. The van der Waals surface area contributed by atoms with E-state index < -0.39 is 6.17 Å². The van der Waals surface area contributed by atoms with Crippen molar-refractivity contribution in [2.75, 3.05) is 24.7 Å². The van der Waals surface area contributed by atoms with Crippen molar-refractivity contribution < 1.29 is 19.0 Å². The number of hydrogen-bond acceptors (Lipinski definition) is 7. The number of aryl methyl sites for hydroxylation is 1. The Morgan fingerprint density at radius 1 is 1.28 bits per heavy atom. The highest BCUT2D eigenvalue weighted by molar-refractivity contribution is 6.01. The maximum absolute atomic E-state index is 14.4. The molecule has 3 aromatic rings. The molecule has 3 aromatic heterocycles. The van der Waals surface area contributed by atoms with Crippen LogP contribution < -0.4 is 4.90 Å². The largest absolute Gasteiger partial charge is 0.396 e. The number of ketones is 1. The molecule has 0 radical (unpaired) electrons. The summed E-state index contributed by atoms with van der Waals surface area (Å²) >= 11 is 0. The van der Waals surface area contributed by atoms with Gasteiger partial charge in [-0.15, -0.1) is 0 Å². The Balaban J connectivity index is 1.17. The SMILES string of the molecule is CC(F)c1nn(C2CCC(CO)CC2)cc1CCC(=O)c1cnn2ccc(N3C[C@H]4C[C@@H]3CO4)nc12. The summed E-state index contributed by atoms with van der Waals surface area (Å²) in [5.74, 6) is 1.13. The molecule has 2 bridgehead atoms. The fourth-order valence-electron chi connectivity index (χ4n) is 6.03. The number of anilines is 1. The molecule has 10 heteroatoms. The Kier molecular flexibility index (Phi) is 6.25. The first-order valence-electron chi connectivity index (χ1n) is 13.1. The van der Waals surface area contributed by atoms with Crippen LogP contribution in [0.25, 0.3) is 5.65 Å². The number of aliphatic hydroxyl groups excluding tert-OH is 1. The van der Waals surface area contributed by atoms with E-state index in [1.54, 1.807) is 10.7 Å². The van der Waals surface area contributed by atoms with Crippen molar-refractivity contribution in [3.63, 3.8) is 0 Å². The van der Waals surface area contributed by atoms with Crippen molar-refractivity contribution in [3.05, 3.63) is 41.5 Å². The summed E-state index contributed by atoms with van der Waals surface area (Å²) in [6.07, 6.45) is 9.81. The number of halogens is 1. The molecule has 3 atom stereocenters. The zero-order valence-electron chi connectivity index (χ0n) is 20.6. The van der Waals surface area contributed by atoms with E-state index in [9.17, 15) is 14.3 Å². The van der Waals surface area contributed by atoms with Crippen molar-refractivity contribution in [1.82, 2.24) is 24.4 Å². The number of aliphatic hydroxyl groups is 1. The lowest BCUT2D eigenvalue weighted by atomic mass is 9.87. The van der Waals surface area contributed by atoms with Gasteiger partial charge in [0.25, 0.3) is 0 Å². The first kappa shape index (κ1) is 23.5. The first-order chi connectivity index (χ1) is 17.5. The number of carbonyl (C=O) groups is 1. The number of hydrogen-bond donors (Lipinski definition) is 1. The quantitative estimate of drug-likeness (QED) is 0.477. The van der Waals surface area contributed by atoms with Gasteiger partial charge in [0.2, 0.25) is 0 Å². The summed E-state index contributed by atoms with van der Waals surface area (Å²) in [5, 5.41) is 18.3. The normalized spacial score (nSPS) is 26.7. The molecular formula is C26H33FN6O3. The molecule has 0 spiro atoms. The molecule has 2 saturated heterocycles. The zero-order valence-corrected chi connectivity index (χ0v) is 20.6. The van der Waals surface area contributed by atoms with E-state index in [4.69, 9.17) is 9.72 Å². The van der Waals surface area contributed by atoms with Crippen molar-refractivity contribution in [3.8, 4) is 0 Å². The molecule has 36 heavy (non-hydrogen) atoms. The number of rotatable bonds is 8. The summed E-state index contributed by atoms with van der Waals surface area (Å²) in [7, 11) is 0. The van der Waals surface area contributed by atoms with Gasteiger partial charge in [0.1, 0.15) is 12.0 Å². The number of alkyl halides is 1. The first-order valence-corrected chi connectivity index (χ1v) is 13.1. The molecule has 1 unspecified atom stereocenters. The van der Waals surface area contributed by atoms with Gasteiger partial charge in [-0.1, -0.05) is 0 Å². The van der Waals surface area contributed by atoms with Crippen molar-refractivity contribution >= 4 is 17.2 Å². The Morgan fingerprint density at radius 3 is 2.81 bits per heavy atom. The van der Waals surface area contributed by atoms with Crippen molar-refractivity contribution in [2.24, 2.45) is 5.92 Å². The van der Waals surface area contributed by atoms with Crippen LogP contribution in [0, 0.1) is 5.92 Å². The van der Waals surface area contributed by atoms with Crippen LogP contribution in [-0.2, 0) is 11.2 Å². The van der Waals surface area contributed by atoms with Gasteiger partial charge in [-0.3, -0.25) is 9.48 Å². The fourth-order valence-corrected chi connectivity index (χ4v) is 6.03. The average Bonchev–Trinajstić information content (AvgIpc) is 3.70.